The van der Waals surface area contributed by atoms with Gasteiger partial charge in [0.15, 0.2) is 0 Å². The van der Waals surface area contributed by atoms with Crippen LogP contribution in [-0.2, 0) is 6.42 Å². The fourth-order valence-corrected chi connectivity index (χ4v) is 2.25. The summed E-state index contributed by atoms with van der Waals surface area (Å²) in [6.45, 7) is 0.426. The lowest BCUT2D eigenvalue weighted by Crippen LogP contribution is -2.19. The Hall–Kier alpha value is -2.23. The molecule has 0 spiro atoms. The van der Waals surface area contributed by atoms with Crippen LogP contribution >= 0.6 is 0 Å². The zero-order valence-corrected chi connectivity index (χ0v) is 9.98. The van der Waals surface area contributed by atoms with Gasteiger partial charge in [-0.25, -0.2) is 0 Å². The minimum Gasteiger partial charge on any atom is -0.510 e. The Bertz CT molecular complexity index is 625. The average molecular weight is 241 g/mol. The van der Waals surface area contributed by atoms with Gasteiger partial charge in [0.25, 0.3) is 0 Å². The molecule has 4 heteroatoms. The third-order valence-corrected chi connectivity index (χ3v) is 3.14. The first-order chi connectivity index (χ1) is 8.83. The topological polar surface area (TPSA) is 60.4 Å². The molecule has 0 atom stereocenters. The van der Waals surface area contributed by atoms with Crippen LogP contribution < -0.4 is 5.43 Å². The molecule has 0 bridgehead atoms. The minimum atomic E-state index is 0.345. The molecule has 1 aromatic carbocycles. The monoisotopic (exact) mass is 241 g/mol. The van der Waals surface area contributed by atoms with Gasteiger partial charge in [-0.3, -0.25) is 0 Å². The number of H-pyrrole nitrogens is 1. The second-order valence-electron chi connectivity index (χ2n) is 4.43. The molecule has 0 radical (unpaired) electrons. The second kappa shape index (κ2) is 4.56. The second-order valence-corrected chi connectivity index (χ2v) is 4.43. The molecular weight excluding hydrogens is 226 g/mol. The predicted molar refractivity (Wildman–Crippen MR) is 72.8 cm³/mol. The van der Waals surface area contributed by atoms with E-state index in [1.165, 1.54) is 16.5 Å². The number of nitrogens with zero attached hydrogens (tertiary/aromatic N) is 1. The highest BCUT2D eigenvalue weighted by molar-refractivity contribution is 5.96. The van der Waals surface area contributed by atoms with E-state index in [1.807, 2.05) is 6.20 Å². The molecule has 1 aliphatic heterocycles. The molecule has 3 rings (SSSR count). The normalized spacial score (nSPS) is 15.1. The summed E-state index contributed by atoms with van der Waals surface area (Å²) in [6.07, 6.45) is 5.42. The first-order valence-corrected chi connectivity index (χ1v) is 6.07. The van der Waals surface area contributed by atoms with Crippen LogP contribution in [0.15, 0.2) is 47.4 Å². The van der Waals surface area contributed by atoms with Crippen LogP contribution in [0.3, 0.4) is 0 Å². The van der Waals surface area contributed by atoms with Crippen LogP contribution in [0.5, 0.6) is 0 Å². The van der Waals surface area contributed by atoms with E-state index >= 15 is 0 Å². The van der Waals surface area contributed by atoms with E-state index in [-0.39, 0.29) is 0 Å². The van der Waals surface area contributed by atoms with E-state index in [0.29, 0.717) is 12.3 Å². The third-order valence-electron chi connectivity index (χ3n) is 3.14. The van der Waals surface area contributed by atoms with Crippen LogP contribution in [0.2, 0.25) is 0 Å². The molecule has 0 saturated heterocycles. The lowest BCUT2D eigenvalue weighted by Gasteiger charge is -2.10. The highest BCUT2D eigenvalue weighted by Crippen LogP contribution is 2.18. The number of hydrazone groups is 1. The summed E-state index contributed by atoms with van der Waals surface area (Å²) in [5.41, 5.74) is 6.17. The molecule has 3 N–H and O–H groups in total. The molecule has 18 heavy (non-hydrogen) atoms. The molecule has 2 heterocycles. The predicted octanol–water partition coefficient (Wildman–Crippen LogP) is 2.50. The van der Waals surface area contributed by atoms with Crippen molar-refractivity contribution in [3.63, 3.8) is 0 Å². The Kier molecular flexibility index (Phi) is 2.76. The highest BCUT2D eigenvalue weighted by atomic mass is 16.3. The van der Waals surface area contributed by atoms with Gasteiger partial charge in [0, 0.05) is 17.8 Å². The van der Waals surface area contributed by atoms with E-state index in [4.69, 9.17) is 0 Å². The van der Waals surface area contributed by atoms with Gasteiger partial charge in [0.1, 0.15) is 5.76 Å². The summed E-state index contributed by atoms with van der Waals surface area (Å²) in [5.74, 6) is 0.345. The lowest BCUT2D eigenvalue weighted by molar-refractivity contribution is 0.388. The first-order valence-electron chi connectivity index (χ1n) is 6.07. The largest absolute Gasteiger partial charge is 0.510 e. The van der Waals surface area contributed by atoms with Gasteiger partial charge in [-0.15, -0.1) is 0 Å². The number of nitrogens with one attached hydrogen (secondary N) is 2. The number of hydrogen-bond acceptors (Lipinski definition) is 3. The fourth-order valence-electron chi connectivity index (χ4n) is 2.25. The lowest BCUT2D eigenvalue weighted by atomic mass is 10.0. The van der Waals surface area contributed by atoms with Crippen molar-refractivity contribution in [1.82, 2.24) is 10.4 Å². The summed E-state index contributed by atoms with van der Waals surface area (Å²) < 4.78 is 0. The molecule has 0 amide bonds. The Morgan fingerprint density at radius 2 is 2.17 bits per heavy atom. The number of aromatic nitrogens is 1. The Morgan fingerprint density at radius 3 is 3.06 bits per heavy atom. The van der Waals surface area contributed by atoms with Crippen molar-refractivity contribution in [2.75, 3.05) is 6.54 Å². The Balaban J connectivity index is 1.77. The number of fused-ring (bicyclic) bond motifs is 1. The molecule has 0 saturated carbocycles. The van der Waals surface area contributed by atoms with Crippen molar-refractivity contribution in [2.24, 2.45) is 5.10 Å². The van der Waals surface area contributed by atoms with E-state index < -0.39 is 0 Å². The van der Waals surface area contributed by atoms with Crippen LogP contribution in [0.4, 0.5) is 0 Å². The number of aryl methyl sites for hydroxylation is 1. The zero-order valence-electron chi connectivity index (χ0n) is 9.98. The zero-order chi connectivity index (χ0) is 12.4. The van der Waals surface area contributed by atoms with Gasteiger partial charge in [-0.2, -0.15) is 5.10 Å². The summed E-state index contributed by atoms with van der Waals surface area (Å²) in [4.78, 5) is 3.26. The van der Waals surface area contributed by atoms with Crippen molar-refractivity contribution < 1.29 is 5.11 Å². The van der Waals surface area contributed by atoms with Gasteiger partial charge < -0.3 is 15.5 Å². The molecule has 0 fully saturated rings. The van der Waals surface area contributed by atoms with Gasteiger partial charge in [0.2, 0.25) is 0 Å². The Morgan fingerprint density at radius 1 is 1.22 bits per heavy atom. The van der Waals surface area contributed by atoms with E-state index in [1.54, 1.807) is 6.08 Å². The van der Waals surface area contributed by atoms with Crippen molar-refractivity contribution in [3.05, 3.63) is 47.9 Å². The van der Waals surface area contributed by atoms with E-state index in [0.717, 1.165) is 18.6 Å². The van der Waals surface area contributed by atoms with Crippen LogP contribution in [-0.4, -0.2) is 22.3 Å². The summed E-state index contributed by atoms with van der Waals surface area (Å²) >= 11 is 0. The van der Waals surface area contributed by atoms with Crippen molar-refractivity contribution >= 4 is 16.6 Å². The smallest absolute Gasteiger partial charge is 0.115 e. The molecule has 0 aliphatic carbocycles. The molecule has 4 nitrogen and oxygen atoms in total. The van der Waals surface area contributed by atoms with Crippen molar-refractivity contribution in [3.8, 4) is 0 Å². The van der Waals surface area contributed by atoms with E-state index in [2.05, 4.69) is 39.8 Å². The minimum absolute atomic E-state index is 0.345. The molecule has 1 aromatic heterocycles. The third kappa shape index (κ3) is 2.09. The SMILES string of the molecule is OC1=CC(CCc2cccc3cc[nH]c23)=NNC1. The van der Waals surface area contributed by atoms with Gasteiger partial charge >= 0.3 is 0 Å². The molecule has 0 unspecified atom stereocenters. The molecule has 2 aromatic rings. The van der Waals surface area contributed by atoms with E-state index in [9.17, 15) is 5.11 Å². The van der Waals surface area contributed by atoms with Gasteiger partial charge in [0.05, 0.1) is 12.3 Å². The van der Waals surface area contributed by atoms with Crippen molar-refractivity contribution in [1.29, 1.82) is 0 Å². The number of rotatable bonds is 3. The summed E-state index contributed by atoms with van der Waals surface area (Å²) in [7, 11) is 0. The van der Waals surface area contributed by atoms with Gasteiger partial charge in [-0.1, -0.05) is 18.2 Å². The molecule has 1 aliphatic rings. The average Bonchev–Trinajstić information content (AvgIpc) is 2.85. The number of allylic oxidation sites excluding steroid dienone is 1. The standard InChI is InChI=1S/C14H15N3O/c18-13-8-12(17-16-9-13)5-4-10-2-1-3-11-6-7-15-14(10)11/h1-3,6-8,15-16,18H,4-5,9H2. The van der Waals surface area contributed by atoms with Crippen LogP contribution in [0.1, 0.15) is 12.0 Å². The quantitative estimate of drug-likeness (QED) is 0.773. The maximum Gasteiger partial charge on any atom is 0.115 e. The Labute approximate surface area is 105 Å². The maximum absolute atomic E-state index is 9.43. The number of para-hydroxylation sites is 1. The van der Waals surface area contributed by atoms with Gasteiger partial charge in [-0.05, 0) is 29.9 Å². The first kappa shape index (κ1) is 10.9. The summed E-state index contributed by atoms with van der Waals surface area (Å²) in [6, 6.07) is 8.37. The molecule has 92 valence electrons. The fraction of sp³-hybridized carbons (Fsp3) is 0.214. The number of aliphatic hydroxyl groups excluding tert-OH is 1. The van der Waals surface area contributed by atoms with Crippen LogP contribution in [0.25, 0.3) is 10.9 Å². The number of hydrogen-bond donors (Lipinski definition) is 3. The molecular formula is C14H15N3O. The number of aromatic amines is 1. The highest BCUT2D eigenvalue weighted by Gasteiger charge is 2.07. The number of benzene rings is 1. The summed E-state index contributed by atoms with van der Waals surface area (Å²) in [5, 5.41) is 14.8. The number of aliphatic hydroxyl groups is 1. The van der Waals surface area contributed by atoms with Crippen molar-refractivity contribution in [2.45, 2.75) is 12.8 Å². The maximum atomic E-state index is 9.43. The van der Waals surface area contributed by atoms with Crippen LogP contribution in [0, 0.1) is 0 Å².